The lowest BCUT2D eigenvalue weighted by atomic mass is 10.2. The summed E-state index contributed by atoms with van der Waals surface area (Å²) in [6.45, 7) is 1.59. The van der Waals surface area contributed by atoms with Gasteiger partial charge in [-0.05, 0) is 30.5 Å². The zero-order valence-electron chi connectivity index (χ0n) is 14.3. The Morgan fingerprint density at radius 1 is 1.19 bits per heavy atom. The van der Waals surface area contributed by atoms with Crippen LogP contribution in [0.2, 0.25) is 0 Å². The molecule has 0 saturated heterocycles. The fourth-order valence-corrected chi connectivity index (χ4v) is 3.14. The summed E-state index contributed by atoms with van der Waals surface area (Å²) in [6, 6.07) is 13.8. The normalized spacial score (nSPS) is 11.1. The van der Waals surface area contributed by atoms with E-state index in [2.05, 4.69) is 25.7 Å². The van der Waals surface area contributed by atoms with E-state index in [0.717, 1.165) is 21.8 Å². The van der Waals surface area contributed by atoms with Gasteiger partial charge < -0.3 is 0 Å². The van der Waals surface area contributed by atoms with Crippen LogP contribution < -0.4 is 11.0 Å². The number of nitrogens with one attached hydrogen (secondary N) is 2. The van der Waals surface area contributed by atoms with Crippen LogP contribution in [0.5, 0.6) is 0 Å². The summed E-state index contributed by atoms with van der Waals surface area (Å²) >= 11 is 1.60. The van der Waals surface area contributed by atoms with E-state index in [1.165, 1.54) is 0 Å². The number of nitrogens with zero attached hydrogens (tertiary/aromatic N) is 5. The van der Waals surface area contributed by atoms with Crippen LogP contribution in [-0.4, -0.2) is 31.2 Å². The van der Waals surface area contributed by atoms with E-state index in [-0.39, 0.29) is 11.5 Å². The Morgan fingerprint density at radius 3 is 2.78 bits per heavy atom. The van der Waals surface area contributed by atoms with Gasteiger partial charge in [0.05, 0.1) is 16.8 Å². The van der Waals surface area contributed by atoms with Crippen molar-refractivity contribution in [3.8, 4) is 16.3 Å². The van der Waals surface area contributed by atoms with Gasteiger partial charge in [-0.15, -0.1) is 21.5 Å². The van der Waals surface area contributed by atoms with Gasteiger partial charge in [0, 0.05) is 11.8 Å². The van der Waals surface area contributed by atoms with E-state index in [1.54, 1.807) is 24.5 Å². The Kier molecular flexibility index (Phi) is 4.58. The molecule has 0 unspecified atom stereocenters. The van der Waals surface area contributed by atoms with Gasteiger partial charge in [0.15, 0.2) is 0 Å². The third kappa shape index (κ3) is 3.67. The number of aromatic amines is 1. The molecule has 3 aromatic heterocycles. The molecule has 9 heteroatoms. The van der Waals surface area contributed by atoms with Crippen molar-refractivity contribution in [1.29, 1.82) is 0 Å². The third-order valence-corrected chi connectivity index (χ3v) is 4.63. The number of hydrazone groups is 1. The highest BCUT2D eigenvalue weighted by Crippen LogP contribution is 2.26. The van der Waals surface area contributed by atoms with Gasteiger partial charge >= 0.3 is 0 Å². The number of rotatable bonds is 5. The van der Waals surface area contributed by atoms with Crippen molar-refractivity contribution >= 4 is 23.5 Å². The molecule has 0 spiro atoms. The van der Waals surface area contributed by atoms with Crippen LogP contribution >= 0.6 is 11.3 Å². The van der Waals surface area contributed by atoms with Crippen molar-refractivity contribution in [3.05, 3.63) is 75.7 Å². The van der Waals surface area contributed by atoms with Crippen molar-refractivity contribution in [2.45, 2.75) is 6.92 Å². The second-order valence-electron chi connectivity index (χ2n) is 5.65. The number of para-hydroxylation sites is 1. The zero-order valence-corrected chi connectivity index (χ0v) is 15.1. The summed E-state index contributed by atoms with van der Waals surface area (Å²) < 4.78 is 1.81. The summed E-state index contributed by atoms with van der Waals surface area (Å²) in [4.78, 5) is 15.2. The lowest BCUT2D eigenvalue weighted by molar-refractivity contribution is 0.885. The molecule has 0 fully saturated rings. The van der Waals surface area contributed by atoms with Gasteiger partial charge in [0.25, 0.3) is 5.56 Å². The molecule has 0 saturated carbocycles. The first-order valence-corrected chi connectivity index (χ1v) is 9.00. The minimum absolute atomic E-state index is 0.176. The Morgan fingerprint density at radius 2 is 2.04 bits per heavy atom. The van der Waals surface area contributed by atoms with Crippen LogP contribution in [0.15, 0.2) is 63.9 Å². The number of hydrogen-bond acceptors (Lipinski definition) is 7. The minimum atomic E-state index is -0.307. The molecule has 4 rings (SSSR count). The minimum Gasteiger partial charge on any atom is -0.288 e. The van der Waals surface area contributed by atoms with Crippen LogP contribution in [0, 0.1) is 6.92 Å². The maximum absolute atomic E-state index is 11.6. The van der Waals surface area contributed by atoms with E-state index in [1.807, 2.05) is 58.7 Å². The molecule has 8 nitrogen and oxygen atoms in total. The standard InChI is InChI=1S/C18H15N7OS/c1-12-17(26)20-18(23-21-12)22-19-10-13-11-25(14-6-3-2-4-7-14)24-16(13)15-8-5-9-27-15/h2-11H,1H3,(H2,20,22,23,26). The maximum atomic E-state index is 11.6. The molecule has 0 aliphatic carbocycles. The summed E-state index contributed by atoms with van der Waals surface area (Å²) in [5, 5.41) is 18.5. The van der Waals surface area contributed by atoms with Gasteiger partial charge in [0.2, 0.25) is 5.95 Å². The SMILES string of the molecule is Cc1nnc(NN=Cc2cn(-c3ccccc3)nc2-c2cccs2)[nH]c1=O. The molecule has 3 heterocycles. The van der Waals surface area contributed by atoms with Crippen LogP contribution in [0.25, 0.3) is 16.3 Å². The molecule has 1 aromatic carbocycles. The molecule has 0 bridgehead atoms. The molecule has 0 aliphatic heterocycles. The Bertz CT molecular complexity index is 1130. The van der Waals surface area contributed by atoms with Gasteiger partial charge in [0.1, 0.15) is 11.4 Å². The number of anilines is 1. The first-order chi connectivity index (χ1) is 13.2. The van der Waals surface area contributed by atoms with Crippen LogP contribution in [0.3, 0.4) is 0 Å². The van der Waals surface area contributed by atoms with E-state index >= 15 is 0 Å². The maximum Gasteiger partial charge on any atom is 0.274 e. The molecule has 0 atom stereocenters. The number of benzene rings is 1. The quantitative estimate of drug-likeness (QED) is 0.411. The van der Waals surface area contributed by atoms with Crippen molar-refractivity contribution in [2.75, 3.05) is 5.43 Å². The molecule has 0 aliphatic rings. The van der Waals surface area contributed by atoms with E-state index in [9.17, 15) is 4.79 Å². The molecular weight excluding hydrogens is 362 g/mol. The van der Waals surface area contributed by atoms with E-state index in [0.29, 0.717) is 5.69 Å². The Hall–Kier alpha value is -3.59. The van der Waals surface area contributed by atoms with Crippen LogP contribution in [0.4, 0.5) is 5.95 Å². The summed E-state index contributed by atoms with van der Waals surface area (Å²) in [7, 11) is 0. The molecule has 134 valence electrons. The summed E-state index contributed by atoms with van der Waals surface area (Å²) in [5.74, 6) is 0.176. The highest BCUT2D eigenvalue weighted by molar-refractivity contribution is 7.13. The average Bonchev–Trinajstić information content (AvgIpc) is 3.35. The van der Waals surface area contributed by atoms with Gasteiger partial charge in [-0.1, -0.05) is 24.3 Å². The number of aryl methyl sites for hydroxylation is 1. The van der Waals surface area contributed by atoms with Crippen LogP contribution in [-0.2, 0) is 0 Å². The molecule has 27 heavy (non-hydrogen) atoms. The lowest BCUT2D eigenvalue weighted by Gasteiger charge is -1.98. The predicted molar refractivity (Wildman–Crippen MR) is 105 cm³/mol. The highest BCUT2D eigenvalue weighted by Gasteiger charge is 2.12. The Balaban J connectivity index is 1.65. The fraction of sp³-hybridized carbons (Fsp3) is 0.0556. The molecular formula is C18H15N7OS. The monoisotopic (exact) mass is 377 g/mol. The second kappa shape index (κ2) is 7.34. The largest absolute Gasteiger partial charge is 0.288 e. The first-order valence-electron chi connectivity index (χ1n) is 8.12. The third-order valence-electron chi connectivity index (χ3n) is 3.75. The number of hydrogen-bond donors (Lipinski definition) is 2. The predicted octanol–water partition coefficient (Wildman–Crippen LogP) is 2.83. The number of H-pyrrole nitrogens is 1. The second-order valence-corrected chi connectivity index (χ2v) is 6.60. The highest BCUT2D eigenvalue weighted by atomic mass is 32.1. The fourth-order valence-electron chi connectivity index (χ4n) is 2.41. The summed E-state index contributed by atoms with van der Waals surface area (Å²) in [5.41, 5.74) is 5.29. The number of thiophene rings is 1. The molecule has 0 amide bonds. The average molecular weight is 377 g/mol. The number of aromatic nitrogens is 5. The lowest BCUT2D eigenvalue weighted by Crippen LogP contribution is -2.15. The molecule has 4 aromatic rings. The smallest absolute Gasteiger partial charge is 0.274 e. The molecule has 0 radical (unpaired) electrons. The van der Waals surface area contributed by atoms with Gasteiger partial charge in [-0.3, -0.25) is 9.78 Å². The topological polar surface area (TPSA) is 101 Å². The zero-order chi connectivity index (χ0) is 18.6. The van der Waals surface area contributed by atoms with Crippen molar-refractivity contribution < 1.29 is 0 Å². The van der Waals surface area contributed by atoms with Crippen molar-refractivity contribution in [3.63, 3.8) is 0 Å². The van der Waals surface area contributed by atoms with Crippen molar-refractivity contribution in [2.24, 2.45) is 5.10 Å². The summed E-state index contributed by atoms with van der Waals surface area (Å²) in [6.07, 6.45) is 3.54. The van der Waals surface area contributed by atoms with Gasteiger partial charge in [-0.2, -0.15) is 10.2 Å². The Labute approximate surface area is 158 Å². The van der Waals surface area contributed by atoms with Crippen LogP contribution in [0.1, 0.15) is 11.3 Å². The van der Waals surface area contributed by atoms with Gasteiger partial charge in [-0.25, -0.2) is 10.1 Å². The van der Waals surface area contributed by atoms with E-state index in [4.69, 9.17) is 5.10 Å². The van der Waals surface area contributed by atoms with E-state index < -0.39 is 0 Å². The first kappa shape index (κ1) is 16.9. The van der Waals surface area contributed by atoms with Crippen molar-refractivity contribution in [1.82, 2.24) is 25.0 Å². The molecule has 2 N–H and O–H groups in total.